The fraction of sp³-hybridized carbons (Fsp3) is 0.500. The summed E-state index contributed by atoms with van der Waals surface area (Å²) in [6.07, 6.45) is 1.58. The fourth-order valence-corrected chi connectivity index (χ4v) is 3.49. The van der Waals surface area contributed by atoms with E-state index in [1.807, 2.05) is 44.4 Å². The molecule has 0 aliphatic carbocycles. The number of aromatic nitrogens is 1. The van der Waals surface area contributed by atoms with Gasteiger partial charge in [0.2, 0.25) is 0 Å². The number of rotatable bonds is 5. The molecule has 1 aliphatic heterocycles. The maximum Gasteiger partial charge on any atom is 0.340 e. The molecule has 0 saturated carbocycles. The maximum absolute atomic E-state index is 12.5. The second kappa shape index (κ2) is 8.00. The molecule has 2 atom stereocenters. The minimum atomic E-state index is -0.489. The summed E-state index contributed by atoms with van der Waals surface area (Å²) in [6, 6.07) is 5.50. The van der Waals surface area contributed by atoms with Crippen LogP contribution in [0.2, 0.25) is 0 Å². The van der Waals surface area contributed by atoms with E-state index in [9.17, 15) is 9.59 Å². The van der Waals surface area contributed by atoms with E-state index in [4.69, 9.17) is 13.9 Å². The normalized spacial score (nSPS) is 19.9. The first-order valence-corrected chi connectivity index (χ1v) is 9.14. The highest BCUT2D eigenvalue weighted by molar-refractivity contribution is 5.92. The summed E-state index contributed by atoms with van der Waals surface area (Å²) in [4.78, 5) is 26.6. The molecular formula is C20H26N2O5. The molecule has 7 heteroatoms. The molecule has 2 aromatic heterocycles. The van der Waals surface area contributed by atoms with Crippen LogP contribution in [0.5, 0.6) is 0 Å². The fourth-order valence-electron chi connectivity index (χ4n) is 3.49. The summed E-state index contributed by atoms with van der Waals surface area (Å²) in [5.74, 6) is 0.119. The summed E-state index contributed by atoms with van der Waals surface area (Å²) in [5, 5.41) is 0. The molecule has 1 amide bonds. The van der Waals surface area contributed by atoms with Crippen LogP contribution in [0.3, 0.4) is 0 Å². The number of carbonyl (C=O) groups excluding carboxylic acids is 2. The van der Waals surface area contributed by atoms with Gasteiger partial charge in [-0.3, -0.25) is 4.79 Å². The summed E-state index contributed by atoms with van der Waals surface area (Å²) in [7, 11) is 0. The van der Waals surface area contributed by atoms with Crippen LogP contribution < -0.4 is 0 Å². The van der Waals surface area contributed by atoms with Gasteiger partial charge in [0.25, 0.3) is 5.91 Å². The topological polar surface area (TPSA) is 73.9 Å². The van der Waals surface area contributed by atoms with Gasteiger partial charge >= 0.3 is 5.97 Å². The lowest BCUT2D eigenvalue weighted by Gasteiger charge is -2.35. The average Bonchev–Trinajstić information content (AvgIpc) is 3.22. The highest BCUT2D eigenvalue weighted by Crippen LogP contribution is 2.19. The van der Waals surface area contributed by atoms with Gasteiger partial charge in [-0.05, 0) is 45.9 Å². The summed E-state index contributed by atoms with van der Waals surface area (Å²) >= 11 is 0. The minimum Gasteiger partial charge on any atom is -0.467 e. The number of ether oxygens (including phenoxy) is 2. The predicted octanol–water partition coefficient (Wildman–Crippen LogP) is 2.54. The summed E-state index contributed by atoms with van der Waals surface area (Å²) in [6.45, 7) is 8.94. The third kappa shape index (κ3) is 4.42. The summed E-state index contributed by atoms with van der Waals surface area (Å²) in [5.41, 5.74) is 2.18. The molecule has 1 aliphatic rings. The van der Waals surface area contributed by atoms with Crippen molar-refractivity contribution in [2.24, 2.45) is 0 Å². The van der Waals surface area contributed by atoms with Crippen molar-refractivity contribution in [2.45, 2.75) is 46.4 Å². The number of aryl methyl sites for hydroxylation is 1. The zero-order valence-corrected chi connectivity index (χ0v) is 16.2. The SMILES string of the molecule is Cc1cc(C(=O)OCC(=O)N2C[C@H](C)O[C@@H](C)C2)c(C)n1Cc1ccco1. The van der Waals surface area contributed by atoms with Gasteiger partial charge in [0.15, 0.2) is 6.61 Å². The van der Waals surface area contributed by atoms with Crippen molar-refractivity contribution in [1.29, 1.82) is 0 Å². The van der Waals surface area contributed by atoms with Gasteiger partial charge in [-0.15, -0.1) is 0 Å². The van der Waals surface area contributed by atoms with Crippen LogP contribution in [0.15, 0.2) is 28.9 Å². The molecular weight excluding hydrogens is 348 g/mol. The van der Waals surface area contributed by atoms with Gasteiger partial charge in [-0.1, -0.05) is 0 Å². The Kier molecular flexibility index (Phi) is 5.70. The zero-order chi connectivity index (χ0) is 19.6. The molecule has 0 unspecified atom stereocenters. The Bertz CT molecular complexity index is 799. The number of hydrogen-bond acceptors (Lipinski definition) is 5. The van der Waals surface area contributed by atoms with Crippen molar-refractivity contribution < 1.29 is 23.5 Å². The van der Waals surface area contributed by atoms with Gasteiger partial charge < -0.3 is 23.4 Å². The molecule has 0 aromatic carbocycles. The maximum atomic E-state index is 12.5. The molecule has 7 nitrogen and oxygen atoms in total. The van der Waals surface area contributed by atoms with Crippen molar-refractivity contribution in [2.75, 3.05) is 19.7 Å². The third-order valence-corrected chi connectivity index (χ3v) is 4.79. The van der Waals surface area contributed by atoms with E-state index in [2.05, 4.69) is 0 Å². The average molecular weight is 374 g/mol. The molecule has 0 spiro atoms. The first-order valence-electron chi connectivity index (χ1n) is 9.14. The van der Waals surface area contributed by atoms with E-state index in [1.165, 1.54) is 0 Å². The lowest BCUT2D eigenvalue weighted by atomic mass is 10.2. The predicted molar refractivity (Wildman–Crippen MR) is 98.6 cm³/mol. The van der Waals surface area contributed by atoms with Crippen molar-refractivity contribution in [3.05, 3.63) is 47.2 Å². The number of furan rings is 1. The Morgan fingerprint density at radius 2 is 1.93 bits per heavy atom. The highest BCUT2D eigenvalue weighted by Gasteiger charge is 2.27. The molecule has 1 saturated heterocycles. The van der Waals surface area contributed by atoms with E-state index in [0.717, 1.165) is 17.1 Å². The molecule has 146 valence electrons. The van der Waals surface area contributed by atoms with Crippen LogP contribution in [-0.4, -0.2) is 53.2 Å². The van der Waals surface area contributed by atoms with Gasteiger partial charge in [-0.25, -0.2) is 4.79 Å². The molecule has 3 heterocycles. The third-order valence-electron chi connectivity index (χ3n) is 4.79. The number of morpholine rings is 1. The van der Waals surface area contributed by atoms with Crippen LogP contribution in [0.1, 0.15) is 41.4 Å². The standard InChI is InChI=1S/C20H26N2O5/c1-13-8-18(16(4)22(13)11-17-6-5-7-25-17)20(24)26-12-19(23)21-9-14(2)27-15(3)10-21/h5-8,14-15H,9-12H2,1-4H3/t14-,15-/m0/s1. The number of esters is 1. The molecule has 0 bridgehead atoms. The van der Waals surface area contributed by atoms with Gasteiger partial charge in [-0.2, -0.15) is 0 Å². The van der Waals surface area contributed by atoms with Crippen LogP contribution in [-0.2, 0) is 20.8 Å². The van der Waals surface area contributed by atoms with Crippen LogP contribution >= 0.6 is 0 Å². The van der Waals surface area contributed by atoms with Crippen LogP contribution in [0.25, 0.3) is 0 Å². The highest BCUT2D eigenvalue weighted by atomic mass is 16.5. The molecule has 1 fully saturated rings. The number of nitrogens with zero attached hydrogens (tertiary/aromatic N) is 2. The van der Waals surface area contributed by atoms with Crippen LogP contribution in [0.4, 0.5) is 0 Å². The lowest BCUT2D eigenvalue weighted by Crippen LogP contribution is -2.49. The van der Waals surface area contributed by atoms with E-state index in [1.54, 1.807) is 17.2 Å². The molecule has 3 rings (SSSR count). The van der Waals surface area contributed by atoms with Gasteiger partial charge in [0.05, 0.1) is 30.6 Å². The first-order chi connectivity index (χ1) is 12.8. The largest absolute Gasteiger partial charge is 0.467 e. The number of amides is 1. The van der Waals surface area contributed by atoms with Crippen molar-refractivity contribution in [3.63, 3.8) is 0 Å². The van der Waals surface area contributed by atoms with Gasteiger partial charge in [0.1, 0.15) is 5.76 Å². The molecule has 2 aromatic rings. The summed E-state index contributed by atoms with van der Waals surface area (Å²) < 4.78 is 18.3. The zero-order valence-electron chi connectivity index (χ0n) is 16.2. The molecule has 0 radical (unpaired) electrons. The Morgan fingerprint density at radius 1 is 1.22 bits per heavy atom. The van der Waals surface area contributed by atoms with Crippen molar-refractivity contribution >= 4 is 11.9 Å². The Morgan fingerprint density at radius 3 is 2.56 bits per heavy atom. The monoisotopic (exact) mass is 374 g/mol. The van der Waals surface area contributed by atoms with E-state index < -0.39 is 5.97 Å². The molecule has 27 heavy (non-hydrogen) atoms. The van der Waals surface area contributed by atoms with Gasteiger partial charge in [0, 0.05) is 24.5 Å². The minimum absolute atomic E-state index is 0.0195. The number of hydrogen-bond donors (Lipinski definition) is 0. The van der Waals surface area contributed by atoms with E-state index in [0.29, 0.717) is 25.2 Å². The second-order valence-electron chi connectivity index (χ2n) is 7.08. The van der Waals surface area contributed by atoms with Crippen molar-refractivity contribution in [1.82, 2.24) is 9.47 Å². The Balaban J connectivity index is 1.62. The van der Waals surface area contributed by atoms with E-state index in [-0.39, 0.29) is 24.7 Å². The second-order valence-corrected chi connectivity index (χ2v) is 7.08. The smallest absolute Gasteiger partial charge is 0.340 e. The molecule has 0 N–H and O–H groups in total. The first kappa shape index (κ1) is 19.2. The van der Waals surface area contributed by atoms with E-state index >= 15 is 0 Å². The number of carbonyl (C=O) groups is 2. The Hall–Kier alpha value is -2.54. The quantitative estimate of drug-likeness (QED) is 0.752. The Labute approximate surface area is 158 Å². The van der Waals surface area contributed by atoms with Crippen LogP contribution in [0, 0.1) is 13.8 Å². The van der Waals surface area contributed by atoms with Crippen molar-refractivity contribution in [3.8, 4) is 0 Å². The lowest BCUT2D eigenvalue weighted by molar-refractivity contribution is -0.146.